The van der Waals surface area contributed by atoms with Crippen LogP contribution in [0.4, 0.5) is 0 Å². The zero-order chi connectivity index (χ0) is 11.8. The van der Waals surface area contributed by atoms with Gasteiger partial charge >= 0.3 is 0 Å². The minimum atomic E-state index is -0.0228. The summed E-state index contributed by atoms with van der Waals surface area (Å²) in [6, 6.07) is 0.677. The molecule has 0 radical (unpaired) electrons. The molecule has 2 rings (SSSR count). The zero-order valence-electron chi connectivity index (χ0n) is 11.1. The predicted molar refractivity (Wildman–Crippen MR) is 67.4 cm³/mol. The average molecular weight is 225 g/mol. The molecule has 2 atom stereocenters. The molecule has 2 aliphatic rings. The first kappa shape index (κ1) is 12.4. The normalized spacial score (nSPS) is 34.5. The van der Waals surface area contributed by atoms with Crippen LogP contribution in [0.25, 0.3) is 0 Å². The second-order valence-corrected chi connectivity index (χ2v) is 6.80. The lowest BCUT2D eigenvalue weighted by Gasteiger charge is -2.41. The molecule has 0 bridgehead atoms. The van der Waals surface area contributed by atoms with Crippen LogP contribution >= 0.6 is 0 Å². The number of aliphatic hydroxyl groups excluding tert-OH is 1. The molecular formula is C14H27NO. The number of nitrogens with zero attached hydrogens (tertiary/aromatic N) is 1. The van der Waals surface area contributed by atoms with Gasteiger partial charge in [0.2, 0.25) is 0 Å². The van der Waals surface area contributed by atoms with Crippen LogP contribution in [-0.2, 0) is 0 Å². The Morgan fingerprint density at radius 3 is 2.06 bits per heavy atom. The molecule has 2 heteroatoms. The molecule has 1 aliphatic carbocycles. The van der Waals surface area contributed by atoms with E-state index < -0.39 is 0 Å². The van der Waals surface area contributed by atoms with Crippen LogP contribution in [0.5, 0.6) is 0 Å². The summed E-state index contributed by atoms with van der Waals surface area (Å²) < 4.78 is 0. The number of aliphatic hydroxyl groups is 1. The Morgan fingerprint density at radius 2 is 1.62 bits per heavy atom. The predicted octanol–water partition coefficient (Wildman–Crippen LogP) is 2.66. The van der Waals surface area contributed by atoms with Crippen molar-refractivity contribution in [3.05, 3.63) is 0 Å². The summed E-state index contributed by atoms with van der Waals surface area (Å²) in [7, 11) is 0. The van der Waals surface area contributed by atoms with E-state index >= 15 is 0 Å². The third-order valence-corrected chi connectivity index (χ3v) is 4.65. The second-order valence-electron chi connectivity index (χ2n) is 6.80. The van der Waals surface area contributed by atoms with E-state index in [0.717, 1.165) is 18.8 Å². The van der Waals surface area contributed by atoms with Crippen molar-refractivity contribution >= 4 is 0 Å². The summed E-state index contributed by atoms with van der Waals surface area (Å²) >= 11 is 0. The fourth-order valence-corrected chi connectivity index (χ4v) is 3.40. The van der Waals surface area contributed by atoms with Gasteiger partial charge < -0.3 is 10.0 Å². The summed E-state index contributed by atoms with van der Waals surface area (Å²) in [4.78, 5) is 2.62. The Balaban J connectivity index is 1.81. The van der Waals surface area contributed by atoms with Gasteiger partial charge in [-0.2, -0.15) is 0 Å². The minimum Gasteiger partial charge on any atom is -0.393 e. The summed E-state index contributed by atoms with van der Waals surface area (Å²) in [5.41, 5.74) is 0.473. The topological polar surface area (TPSA) is 23.5 Å². The van der Waals surface area contributed by atoms with Crippen LogP contribution in [0.15, 0.2) is 0 Å². The molecule has 0 spiro atoms. The van der Waals surface area contributed by atoms with Gasteiger partial charge in [-0.1, -0.05) is 20.8 Å². The molecule has 1 saturated carbocycles. The maximum Gasteiger partial charge on any atom is 0.0555 e. The van der Waals surface area contributed by atoms with Gasteiger partial charge in [0.15, 0.2) is 0 Å². The van der Waals surface area contributed by atoms with Crippen molar-refractivity contribution < 1.29 is 5.11 Å². The quantitative estimate of drug-likeness (QED) is 0.741. The molecule has 0 aromatic rings. The van der Waals surface area contributed by atoms with Gasteiger partial charge in [0, 0.05) is 6.04 Å². The van der Waals surface area contributed by atoms with E-state index in [-0.39, 0.29) is 6.10 Å². The first-order chi connectivity index (χ1) is 7.47. The van der Waals surface area contributed by atoms with Crippen molar-refractivity contribution in [2.75, 3.05) is 13.1 Å². The molecule has 1 saturated heterocycles. The summed E-state index contributed by atoms with van der Waals surface area (Å²) in [5, 5.41) is 9.58. The number of hydrogen-bond acceptors (Lipinski definition) is 2. The van der Waals surface area contributed by atoms with Gasteiger partial charge in [0.05, 0.1) is 6.10 Å². The van der Waals surface area contributed by atoms with Crippen LogP contribution in [0, 0.1) is 11.3 Å². The fourth-order valence-electron chi connectivity index (χ4n) is 3.40. The number of likely N-dealkylation sites (tertiary alicyclic amines) is 1. The molecule has 0 aromatic heterocycles. The minimum absolute atomic E-state index is 0.0228. The van der Waals surface area contributed by atoms with Gasteiger partial charge in [-0.25, -0.2) is 0 Å². The lowest BCUT2D eigenvalue weighted by atomic mass is 9.75. The lowest BCUT2D eigenvalue weighted by Crippen LogP contribution is -2.42. The van der Waals surface area contributed by atoms with E-state index in [0.29, 0.717) is 11.5 Å². The SMILES string of the molecule is CC(C)(C)C1CCN(C2CCC(O)C2)CC1. The first-order valence-corrected chi connectivity index (χ1v) is 6.89. The maximum absolute atomic E-state index is 9.58. The molecule has 0 amide bonds. The van der Waals surface area contributed by atoms with E-state index in [1.807, 2.05) is 0 Å². The largest absolute Gasteiger partial charge is 0.393 e. The molecule has 1 N–H and O–H groups in total. The molecule has 2 unspecified atom stereocenters. The van der Waals surface area contributed by atoms with E-state index in [2.05, 4.69) is 25.7 Å². The first-order valence-electron chi connectivity index (χ1n) is 6.89. The van der Waals surface area contributed by atoms with Crippen molar-refractivity contribution in [3.63, 3.8) is 0 Å². The van der Waals surface area contributed by atoms with Crippen LogP contribution in [0.3, 0.4) is 0 Å². The molecule has 2 fully saturated rings. The fraction of sp³-hybridized carbons (Fsp3) is 1.00. The number of rotatable bonds is 1. The highest BCUT2D eigenvalue weighted by Gasteiger charge is 2.33. The second kappa shape index (κ2) is 4.66. The van der Waals surface area contributed by atoms with Crippen LogP contribution in [-0.4, -0.2) is 35.2 Å². The highest BCUT2D eigenvalue weighted by molar-refractivity contribution is 4.87. The monoisotopic (exact) mass is 225 g/mol. The highest BCUT2D eigenvalue weighted by atomic mass is 16.3. The van der Waals surface area contributed by atoms with Crippen molar-refractivity contribution in [1.82, 2.24) is 4.90 Å². The van der Waals surface area contributed by atoms with Crippen molar-refractivity contribution in [3.8, 4) is 0 Å². The Hall–Kier alpha value is -0.0800. The molecule has 1 heterocycles. The molecule has 16 heavy (non-hydrogen) atoms. The molecule has 1 aliphatic heterocycles. The van der Waals surface area contributed by atoms with Gasteiger partial charge in [0.1, 0.15) is 0 Å². The maximum atomic E-state index is 9.58. The summed E-state index contributed by atoms with van der Waals surface area (Å²) in [6.45, 7) is 9.60. The van der Waals surface area contributed by atoms with Crippen molar-refractivity contribution in [1.29, 1.82) is 0 Å². The van der Waals surface area contributed by atoms with E-state index in [4.69, 9.17) is 0 Å². The van der Waals surface area contributed by atoms with Gasteiger partial charge in [0.25, 0.3) is 0 Å². The summed E-state index contributed by atoms with van der Waals surface area (Å²) in [6.07, 6.45) is 5.91. The molecule has 0 aromatic carbocycles. The lowest BCUT2D eigenvalue weighted by molar-refractivity contribution is 0.0775. The Bertz CT molecular complexity index is 225. The number of piperidine rings is 1. The van der Waals surface area contributed by atoms with Crippen LogP contribution in [0.1, 0.15) is 52.9 Å². The van der Waals surface area contributed by atoms with Gasteiger partial charge in [-0.05, 0) is 56.5 Å². The summed E-state index contributed by atoms with van der Waals surface area (Å²) in [5.74, 6) is 0.884. The third-order valence-electron chi connectivity index (χ3n) is 4.65. The van der Waals surface area contributed by atoms with E-state index in [1.165, 1.54) is 32.4 Å². The zero-order valence-corrected chi connectivity index (χ0v) is 11.1. The van der Waals surface area contributed by atoms with Gasteiger partial charge in [-0.15, -0.1) is 0 Å². The number of hydrogen-bond donors (Lipinski definition) is 1. The molecule has 2 nitrogen and oxygen atoms in total. The van der Waals surface area contributed by atoms with E-state index in [1.54, 1.807) is 0 Å². The van der Waals surface area contributed by atoms with Crippen molar-refractivity contribution in [2.45, 2.75) is 65.0 Å². The standard InChI is InChI=1S/C14H27NO/c1-14(2,3)11-6-8-15(9-7-11)12-4-5-13(16)10-12/h11-13,16H,4-10H2,1-3H3. The van der Waals surface area contributed by atoms with Crippen molar-refractivity contribution in [2.24, 2.45) is 11.3 Å². The Labute approximate surface area is 100 Å². The highest BCUT2D eigenvalue weighted by Crippen LogP contribution is 2.36. The Morgan fingerprint density at radius 1 is 1.00 bits per heavy atom. The van der Waals surface area contributed by atoms with Crippen LogP contribution in [0.2, 0.25) is 0 Å². The average Bonchev–Trinajstić information content (AvgIpc) is 2.64. The molecule has 94 valence electrons. The molecular weight excluding hydrogens is 198 g/mol. The Kier molecular flexibility index (Phi) is 3.60. The smallest absolute Gasteiger partial charge is 0.0555 e. The van der Waals surface area contributed by atoms with Crippen LogP contribution < -0.4 is 0 Å². The van der Waals surface area contributed by atoms with E-state index in [9.17, 15) is 5.11 Å². The third kappa shape index (κ3) is 2.78. The van der Waals surface area contributed by atoms with Gasteiger partial charge in [-0.3, -0.25) is 0 Å².